The fraction of sp³-hybridized carbons (Fsp3) is 0.250. The topological polar surface area (TPSA) is 72.7 Å². The Kier molecular flexibility index (Phi) is 3.66. The van der Waals surface area contributed by atoms with E-state index in [1.807, 2.05) is 6.07 Å². The van der Waals surface area contributed by atoms with Gasteiger partial charge in [0.1, 0.15) is 5.75 Å². The summed E-state index contributed by atoms with van der Waals surface area (Å²) in [4.78, 5) is 0. The van der Waals surface area contributed by atoms with Crippen LogP contribution in [-0.4, -0.2) is 21.9 Å². The molecule has 4 N–H and O–H groups in total. The van der Waals surface area contributed by atoms with Crippen LogP contribution < -0.4 is 5.32 Å². The van der Waals surface area contributed by atoms with Crippen molar-refractivity contribution in [3.63, 3.8) is 0 Å². The maximum absolute atomic E-state index is 9.71. The summed E-state index contributed by atoms with van der Waals surface area (Å²) in [5.41, 5.74) is 3.02. The molecule has 0 amide bonds. The van der Waals surface area contributed by atoms with Gasteiger partial charge >= 0.3 is 0 Å². The van der Waals surface area contributed by atoms with E-state index in [9.17, 15) is 15.3 Å². The second-order valence-corrected chi connectivity index (χ2v) is 5.69. The number of phenolic OH excluding ortho intramolecular Hbond substituents is 3. The van der Waals surface area contributed by atoms with Crippen LogP contribution in [0, 0.1) is 0 Å². The van der Waals surface area contributed by atoms with Crippen LogP contribution in [0.25, 0.3) is 0 Å². The first kappa shape index (κ1) is 14.0. The van der Waals surface area contributed by atoms with E-state index in [4.69, 9.17) is 11.6 Å². The first-order chi connectivity index (χ1) is 10.0. The molecule has 0 radical (unpaired) electrons. The quantitative estimate of drug-likeness (QED) is 0.644. The van der Waals surface area contributed by atoms with Gasteiger partial charge in [-0.3, -0.25) is 0 Å². The number of phenols is 3. The van der Waals surface area contributed by atoms with Gasteiger partial charge in [-0.1, -0.05) is 17.7 Å². The fourth-order valence-electron chi connectivity index (χ4n) is 2.76. The highest BCUT2D eigenvalue weighted by Crippen LogP contribution is 2.35. The molecule has 0 aliphatic carbocycles. The zero-order chi connectivity index (χ0) is 15.0. The normalized spacial score (nSPS) is 17.5. The van der Waals surface area contributed by atoms with Crippen LogP contribution in [0.2, 0.25) is 5.02 Å². The summed E-state index contributed by atoms with van der Waals surface area (Å²) in [6, 6.07) is 8.44. The lowest BCUT2D eigenvalue weighted by molar-refractivity contribution is 0.398. The Morgan fingerprint density at radius 2 is 1.81 bits per heavy atom. The van der Waals surface area contributed by atoms with Crippen molar-refractivity contribution in [2.24, 2.45) is 0 Å². The molecule has 110 valence electrons. The second kappa shape index (κ2) is 5.47. The molecule has 0 spiro atoms. The van der Waals surface area contributed by atoms with E-state index in [2.05, 4.69) is 5.32 Å². The second-order valence-electron chi connectivity index (χ2n) is 5.29. The van der Waals surface area contributed by atoms with Crippen molar-refractivity contribution in [2.45, 2.75) is 18.9 Å². The van der Waals surface area contributed by atoms with Crippen molar-refractivity contribution in [1.82, 2.24) is 5.32 Å². The molecule has 2 aromatic carbocycles. The third-order valence-electron chi connectivity index (χ3n) is 3.85. The van der Waals surface area contributed by atoms with Gasteiger partial charge in [0.15, 0.2) is 11.5 Å². The van der Waals surface area contributed by atoms with Crippen LogP contribution in [0.15, 0.2) is 30.3 Å². The lowest BCUT2D eigenvalue weighted by Crippen LogP contribution is -2.31. The number of hydrogen-bond acceptors (Lipinski definition) is 4. The maximum atomic E-state index is 9.71. The molecule has 4 nitrogen and oxygen atoms in total. The zero-order valence-corrected chi connectivity index (χ0v) is 12.1. The van der Waals surface area contributed by atoms with Crippen molar-refractivity contribution < 1.29 is 15.3 Å². The zero-order valence-electron chi connectivity index (χ0n) is 11.3. The van der Waals surface area contributed by atoms with Crippen molar-refractivity contribution in [3.05, 3.63) is 52.0 Å². The SMILES string of the molecule is Oc1cc2c(cc1O)[C@H](Cc1ccc(O)c(Cl)c1)NCC2. The van der Waals surface area contributed by atoms with Gasteiger partial charge in [0, 0.05) is 6.04 Å². The minimum Gasteiger partial charge on any atom is -0.506 e. The molecular formula is C16H16ClNO3. The van der Waals surface area contributed by atoms with Crippen LogP contribution in [0.5, 0.6) is 17.2 Å². The van der Waals surface area contributed by atoms with Crippen molar-refractivity contribution >= 4 is 11.6 Å². The highest BCUT2D eigenvalue weighted by Gasteiger charge is 2.22. The molecule has 1 aliphatic rings. The van der Waals surface area contributed by atoms with E-state index in [1.54, 1.807) is 24.3 Å². The van der Waals surface area contributed by atoms with Gasteiger partial charge < -0.3 is 20.6 Å². The van der Waals surface area contributed by atoms with E-state index < -0.39 is 0 Å². The number of nitrogens with one attached hydrogen (secondary N) is 1. The largest absolute Gasteiger partial charge is 0.506 e. The fourth-order valence-corrected chi connectivity index (χ4v) is 2.97. The average molecular weight is 306 g/mol. The molecule has 21 heavy (non-hydrogen) atoms. The standard InChI is InChI=1S/C16H16ClNO3/c17-12-5-9(1-2-14(12)19)6-13-11-8-16(21)15(20)7-10(11)3-4-18-13/h1-2,5,7-8,13,18-21H,3-4,6H2/t13-/m0/s1. The van der Waals surface area contributed by atoms with Crippen LogP contribution in [0.4, 0.5) is 0 Å². The molecule has 1 atom stereocenters. The Labute approximate surface area is 127 Å². The van der Waals surface area contributed by atoms with Gasteiger partial charge in [-0.2, -0.15) is 0 Å². The first-order valence-corrected chi connectivity index (χ1v) is 7.18. The molecule has 1 aliphatic heterocycles. The molecule has 0 aromatic heterocycles. The Bertz CT molecular complexity index is 687. The molecule has 0 fully saturated rings. The predicted octanol–water partition coefficient (Wildman–Crippen LogP) is 2.89. The van der Waals surface area contributed by atoms with Crippen molar-refractivity contribution in [3.8, 4) is 17.2 Å². The number of hydrogen-bond donors (Lipinski definition) is 4. The Morgan fingerprint density at radius 1 is 1.05 bits per heavy atom. The van der Waals surface area contributed by atoms with Gasteiger partial charge in [-0.05, 0) is 60.3 Å². The number of halogens is 1. The number of rotatable bonds is 2. The average Bonchev–Trinajstić information content (AvgIpc) is 2.45. The summed E-state index contributed by atoms with van der Waals surface area (Å²) < 4.78 is 0. The Balaban J connectivity index is 1.91. The molecule has 2 aromatic rings. The molecule has 3 rings (SSSR count). The molecule has 1 heterocycles. The van der Waals surface area contributed by atoms with Crippen molar-refractivity contribution in [1.29, 1.82) is 0 Å². The summed E-state index contributed by atoms with van der Waals surface area (Å²) in [6.45, 7) is 0.813. The van der Waals surface area contributed by atoms with Gasteiger partial charge in [0.25, 0.3) is 0 Å². The predicted molar refractivity (Wildman–Crippen MR) is 81.0 cm³/mol. The molecule has 5 heteroatoms. The molecule has 0 bridgehead atoms. The van der Waals surface area contributed by atoms with Gasteiger partial charge in [0.05, 0.1) is 5.02 Å². The van der Waals surface area contributed by atoms with Crippen LogP contribution in [0.3, 0.4) is 0 Å². The van der Waals surface area contributed by atoms with Gasteiger partial charge in [-0.15, -0.1) is 0 Å². The monoisotopic (exact) mass is 305 g/mol. The Hall–Kier alpha value is -1.91. The highest BCUT2D eigenvalue weighted by atomic mass is 35.5. The third-order valence-corrected chi connectivity index (χ3v) is 4.15. The lowest BCUT2D eigenvalue weighted by Gasteiger charge is -2.27. The van der Waals surface area contributed by atoms with E-state index in [-0.39, 0.29) is 23.3 Å². The molecule has 0 saturated heterocycles. The van der Waals surface area contributed by atoms with Gasteiger partial charge in [-0.25, -0.2) is 0 Å². The minimum atomic E-state index is -0.105. The molecule has 0 saturated carbocycles. The van der Waals surface area contributed by atoms with Crippen LogP contribution in [-0.2, 0) is 12.8 Å². The van der Waals surface area contributed by atoms with E-state index in [0.717, 1.165) is 29.7 Å². The summed E-state index contributed by atoms with van der Waals surface area (Å²) in [6.07, 6.45) is 1.51. The lowest BCUT2D eigenvalue weighted by atomic mass is 9.90. The molecular weight excluding hydrogens is 290 g/mol. The number of aromatic hydroxyl groups is 3. The Morgan fingerprint density at radius 3 is 2.57 bits per heavy atom. The van der Waals surface area contributed by atoms with Crippen LogP contribution in [0.1, 0.15) is 22.7 Å². The summed E-state index contributed by atoms with van der Waals surface area (Å²) in [7, 11) is 0. The van der Waals surface area contributed by atoms with E-state index >= 15 is 0 Å². The molecule has 0 unspecified atom stereocenters. The third kappa shape index (κ3) is 2.77. The van der Waals surface area contributed by atoms with Gasteiger partial charge in [0.2, 0.25) is 0 Å². The van der Waals surface area contributed by atoms with Crippen LogP contribution >= 0.6 is 11.6 Å². The smallest absolute Gasteiger partial charge is 0.157 e. The number of fused-ring (bicyclic) bond motifs is 1. The summed E-state index contributed by atoms with van der Waals surface area (Å²) >= 11 is 5.93. The first-order valence-electron chi connectivity index (χ1n) is 6.80. The summed E-state index contributed by atoms with van der Waals surface area (Å²) in [5, 5.41) is 32.5. The highest BCUT2D eigenvalue weighted by molar-refractivity contribution is 6.32. The van der Waals surface area contributed by atoms with Crippen molar-refractivity contribution in [2.75, 3.05) is 6.54 Å². The van der Waals surface area contributed by atoms with E-state index in [0.29, 0.717) is 11.4 Å². The van der Waals surface area contributed by atoms with E-state index in [1.165, 1.54) is 0 Å². The minimum absolute atomic E-state index is 0.0425. The number of benzene rings is 2. The maximum Gasteiger partial charge on any atom is 0.157 e. The summed E-state index contributed by atoms with van der Waals surface area (Å²) in [5.74, 6) is -0.117.